The van der Waals surface area contributed by atoms with E-state index in [0.717, 1.165) is 27.1 Å². The Kier molecular flexibility index (Phi) is 5.53. The zero-order valence-electron chi connectivity index (χ0n) is 16.8. The van der Waals surface area contributed by atoms with E-state index in [0.29, 0.717) is 31.1 Å². The van der Waals surface area contributed by atoms with Gasteiger partial charge in [-0.2, -0.15) is 5.10 Å². The maximum atomic E-state index is 12.8. The third-order valence-corrected chi connectivity index (χ3v) is 6.13. The molecule has 0 bridgehead atoms. The summed E-state index contributed by atoms with van der Waals surface area (Å²) in [5.74, 6) is 0.940. The molecule has 0 saturated carbocycles. The molecule has 29 heavy (non-hydrogen) atoms. The van der Waals surface area contributed by atoms with Crippen molar-refractivity contribution in [2.75, 3.05) is 13.2 Å². The number of hydrazone groups is 1. The summed E-state index contributed by atoms with van der Waals surface area (Å²) in [5, 5.41) is 5.68. The number of carbonyl (C=O) groups excluding carboxylic acids is 1. The molecule has 1 aliphatic rings. The Morgan fingerprint density at radius 3 is 2.45 bits per heavy atom. The standard InChI is InChI=1S/C23H24N2O3S/c1-4-15-16-12-18(27-5-2)19(28-6-3)13-17(16)22(24-25-23(15)26)21-11-14-9-7-8-10-20(14)29-21/h7-13,15H,4-6H2,1-3H3,(H,25,26). The lowest BCUT2D eigenvalue weighted by Gasteiger charge is -2.19. The van der Waals surface area contributed by atoms with Gasteiger partial charge in [0.05, 0.1) is 24.0 Å². The summed E-state index contributed by atoms with van der Waals surface area (Å²) in [7, 11) is 0. The van der Waals surface area contributed by atoms with Crippen LogP contribution in [0.15, 0.2) is 47.6 Å². The normalized spacial score (nSPS) is 16.0. The van der Waals surface area contributed by atoms with E-state index in [1.807, 2.05) is 45.0 Å². The first kappa shape index (κ1) is 19.5. The molecule has 1 amide bonds. The third-order valence-electron chi connectivity index (χ3n) is 5.01. The predicted molar refractivity (Wildman–Crippen MR) is 117 cm³/mol. The average Bonchev–Trinajstić information content (AvgIpc) is 3.09. The van der Waals surface area contributed by atoms with Crippen LogP contribution in [-0.2, 0) is 4.79 Å². The van der Waals surface area contributed by atoms with Crippen LogP contribution in [-0.4, -0.2) is 24.8 Å². The van der Waals surface area contributed by atoms with E-state index < -0.39 is 0 Å². The molecule has 0 aliphatic carbocycles. The summed E-state index contributed by atoms with van der Waals surface area (Å²) >= 11 is 1.67. The number of thiophene rings is 1. The SMILES string of the molecule is CCOc1cc2c(cc1OCC)C(CC)C(=O)NN=C2c1cc2ccccc2s1. The van der Waals surface area contributed by atoms with Gasteiger partial charge in [0.15, 0.2) is 11.5 Å². The van der Waals surface area contributed by atoms with Gasteiger partial charge in [0.25, 0.3) is 0 Å². The van der Waals surface area contributed by atoms with Crippen LogP contribution in [0.2, 0.25) is 0 Å². The number of nitrogens with one attached hydrogen (secondary N) is 1. The first-order valence-corrected chi connectivity index (χ1v) is 10.8. The Hall–Kier alpha value is -2.86. The number of hydrogen-bond donors (Lipinski definition) is 1. The van der Waals surface area contributed by atoms with Crippen molar-refractivity contribution in [3.8, 4) is 11.5 Å². The highest BCUT2D eigenvalue weighted by molar-refractivity contribution is 7.21. The third kappa shape index (κ3) is 3.60. The van der Waals surface area contributed by atoms with Gasteiger partial charge in [-0.05, 0) is 55.5 Å². The van der Waals surface area contributed by atoms with Crippen LogP contribution in [0, 0.1) is 0 Å². The molecule has 1 aromatic heterocycles. The fourth-order valence-corrected chi connectivity index (χ4v) is 4.75. The molecule has 6 heteroatoms. The molecule has 0 saturated heterocycles. The van der Waals surface area contributed by atoms with Crippen molar-refractivity contribution in [3.63, 3.8) is 0 Å². The molecule has 0 radical (unpaired) electrons. The van der Waals surface area contributed by atoms with E-state index in [4.69, 9.17) is 9.47 Å². The second-order valence-electron chi connectivity index (χ2n) is 6.80. The Morgan fingerprint density at radius 2 is 1.76 bits per heavy atom. The molecule has 1 aliphatic heterocycles. The summed E-state index contributed by atoms with van der Waals surface area (Å²) < 4.78 is 12.9. The molecule has 3 aromatic rings. The molecule has 5 nitrogen and oxygen atoms in total. The van der Waals surface area contributed by atoms with Gasteiger partial charge in [-0.1, -0.05) is 25.1 Å². The molecular formula is C23H24N2O3S. The Morgan fingerprint density at radius 1 is 1.03 bits per heavy atom. The maximum Gasteiger partial charge on any atom is 0.247 e. The average molecular weight is 409 g/mol. The van der Waals surface area contributed by atoms with Gasteiger partial charge < -0.3 is 9.47 Å². The lowest BCUT2D eigenvalue weighted by molar-refractivity contribution is -0.122. The number of hydrogen-bond acceptors (Lipinski definition) is 5. The molecule has 2 aromatic carbocycles. The van der Waals surface area contributed by atoms with E-state index in [9.17, 15) is 4.79 Å². The lowest BCUT2D eigenvalue weighted by atomic mass is 9.89. The fraction of sp³-hybridized carbons (Fsp3) is 0.304. The maximum absolute atomic E-state index is 12.8. The van der Waals surface area contributed by atoms with Crippen LogP contribution in [0.5, 0.6) is 11.5 Å². The van der Waals surface area contributed by atoms with E-state index >= 15 is 0 Å². The van der Waals surface area contributed by atoms with E-state index in [2.05, 4.69) is 28.7 Å². The van der Waals surface area contributed by atoms with Crippen molar-refractivity contribution in [3.05, 3.63) is 58.5 Å². The van der Waals surface area contributed by atoms with Crippen LogP contribution >= 0.6 is 11.3 Å². The zero-order chi connectivity index (χ0) is 20.4. The lowest BCUT2D eigenvalue weighted by Crippen LogP contribution is -2.23. The summed E-state index contributed by atoms with van der Waals surface area (Å²) in [6.07, 6.45) is 0.674. The second kappa shape index (κ2) is 8.25. The van der Waals surface area contributed by atoms with E-state index in [-0.39, 0.29) is 11.8 Å². The summed E-state index contributed by atoms with van der Waals surface area (Å²) in [5.41, 5.74) is 5.35. The highest BCUT2D eigenvalue weighted by Crippen LogP contribution is 2.39. The van der Waals surface area contributed by atoms with Crippen molar-refractivity contribution < 1.29 is 14.3 Å². The van der Waals surface area contributed by atoms with E-state index in [1.165, 1.54) is 4.70 Å². The number of rotatable bonds is 6. The summed E-state index contributed by atoms with van der Waals surface area (Å²) in [4.78, 5) is 13.8. The van der Waals surface area contributed by atoms with Crippen LogP contribution in [0.25, 0.3) is 10.1 Å². The highest BCUT2D eigenvalue weighted by Gasteiger charge is 2.30. The molecule has 1 N–H and O–H groups in total. The minimum Gasteiger partial charge on any atom is -0.490 e. The molecular weight excluding hydrogens is 384 g/mol. The monoisotopic (exact) mass is 408 g/mol. The fourth-order valence-electron chi connectivity index (χ4n) is 3.69. The molecule has 4 rings (SSSR count). The zero-order valence-corrected chi connectivity index (χ0v) is 17.6. The first-order valence-electron chi connectivity index (χ1n) is 9.96. The van der Waals surface area contributed by atoms with Gasteiger partial charge in [-0.3, -0.25) is 4.79 Å². The van der Waals surface area contributed by atoms with Crippen LogP contribution in [0.3, 0.4) is 0 Å². The number of amides is 1. The summed E-state index contributed by atoms with van der Waals surface area (Å²) in [6, 6.07) is 14.3. The van der Waals surface area contributed by atoms with Crippen molar-refractivity contribution in [1.29, 1.82) is 0 Å². The van der Waals surface area contributed by atoms with Crippen LogP contribution in [0.4, 0.5) is 0 Å². The Labute approximate surface area is 174 Å². The Bertz CT molecular complexity index is 1050. The number of nitrogens with zero attached hydrogens (tertiary/aromatic N) is 1. The van der Waals surface area contributed by atoms with Gasteiger partial charge in [0, 0.05) is 10.3 Å². The summed E-state index contributed by atoms with van der Waals surface area (Å²) in [6.45, 7) is 6.95. The van der Waals surface area contributed by atoms with Gasteiger partial charge in [-0.15, -0.1) is 11.3 Å². The number of carbonyl (C=O) groups is 1. The largest absolute Gasteiger partial charge is 0.490 e. The minimum atomic E-state index is -0.296. The van der Waals surface area contributed by atoms with Crippen LogP contribution < -0.4 is 14.9 Å². The van der Waals surface area contributed by atoms with Crippen LogP contribution in [0.1, 0.15) is 49.1 Å². The predicted octanol–water partition coefficient (Wildman–Crippen LogP) is 5.07. The number of ether oxygens (including phenoxy) is 2. The Balaban J connectivity index is 1.93. The number of fused-ring (bicyclic) bond motifs is 2. The molecule has 0 fully saturated rings. The minimum absolute atomic E-state index is 0.100. The molecule has 2 heterocycles. The van der Waals surface area contributed by atoms with Crippen molar-refractivity contribution in [2.45, 2.75) is 33.1 Å². The quantitative estimate of drug-likeness (QED) is 0.619. The van der Waals surface area contributed by atoms with Gasteiger partial charge in [0.1, 0.15) is 5.71 Å². The van der Waals surface area contributed by atoms with Gasteiger partial charge in [0.2, 0.25) is 5.91 Å². The van der Waals surface area contributed by atoms with Gasteiger partial charge >= 0.3 is 0 Å². The molecule has 1 unspecified atom stereocenters. The second-order valence-corrected chi connectivity index (χ2v) is 7.88. The molecule has 0 spiro atoms. The molecule has 150 valence electrons. The van der Waals surface area contributed by atoms with E-state index in [1.54, 1.807) is 11.3 Å². The first-order chi connectivity index (χ1) is 14.2. The number of benzene rings is 2. The molecule has 1 atom stereocenters. The van der Waals surface area contributed by atoms with Crippen molar-refractivity contribution in [1.82, 2.24) is 5.43 Å². The smallest absolute Gasteiger partial charge is 0.247 e. The van der Waals surface area contributed by atoms with Crippen molar-refractivity contribution >= 4 is 33.0 Å². The van der Waals surface area contributed by atoms with Gasteiger partial charge in [-0.25, -0.2) is 5.43 Å². The van der Waals surface area contributed by atoms with Crippen molar-refractivity contribution in [2.24, 2.45) is 5.10 Å². The highest BCUT2D eigenvalue weighted by atomic mass is 32.1. The topological polar surface area (TPSA) is 59.9 Å².